The van der Waals surface area contributed by atoms with E-state index >= 15 is 0 Å². The molecule has 0 spiro atoms. The van der Waals surface area contributed by atoms with Gasteiger partial charge < -0.3 is 18.9 Å². The fourth-order valence-corrected chi connectivity index (χ4v) is 3.23. The molecule has 0 N–H and O–H groups in total. The average molecular weight is 421 g/mol. The van der Waals surface area contributed by atoms with Crippen molar-refractivity contribution in [2.24, 2.45) is 0 Å². The number of ether oxygens (including phenoxy) is 4. The maximum atomic E-state index is 12.3. The van der Waals surface area contributed by atoms with Crippen LogP contribution < -0.4 is 9.47 Å². The fraction of sp³-hybridized carbons (Fsp3) is 0.208. The standard InChI is InChI=1S/C24H23NO6/c1-15-17-7-5-6-8-18(17)25-19(23(15)24(27)30-4)14-31-22(26)12-10-16-9-11-20(28-2)21(13-16)29-3/h5-13H,14H2,1-4H3/b12-10+. The van der Waals surface area contributed by atoms with E-state index in [9.17, 15) is 9.59 Å². The van der Waals surface area contributed by atoms with Crippen molar-refractivity contribution >= 4 is 28.9 Å². The monoisotopic (exact) mass is 421 g/mol. The molecule has 3 aromatic rings. The van der Waals surface area contributed by atoms with Crippen LogP contribution in [0.4, 0.5) is 0 Å². The molecule has 0 aliphatic rings. The molecule has 7 heteroatoms. The Labute approximate surface area is 180 Å². The van der Waals surface area contributed by atoms with Gasteiger partial charge >= 0.3 is 11.9 Å². The van der Waals surface area contributed by atoms with Crippen molar-refractivity contribution in [2.45, 2.75) is 13.5 Å². The number of nitrogens with zero attached hydrogens (tertiary/aromatic N) is 1. The summed E-state index contributed by atoms with van der Waals surface area (Å²) in [7, 11) is 4.39. The molecule has 0 saturated heterocycles. The summed E-state index contributed by atoms with van der Waals surface area (Å²) in [4.78, 5) is 29.1. The number of esters is 2. The fourth-order valence-electron chi connectivity index (χ4n) is 3.23. The average Bonchev–Trinajstić information content (AvgIpc) is 2.80. The lowest BCUT2D eigenvalue weighted by atomic mass is 10.0. The molecule has 2 aromatic carbocycles. The third kappa shape index (κ3) is 4.83. The van der Waals surface area contributed by atoms with Gasteiger partial charge in [-0.2, -0.15) is 0 Å². The number of para-hydroxylation sites is 1. The second kappa shape index (κ2) is 9.75. The summed E-state index contributed by atoms with van der Waals surface area (Å²) in [5.74, 6) is 0.0489. The number of methoxy groups -OCH3 is 3. The molecule has 0 unspecified atom stereocenters. The summed E-state index contributed by atoms with van der Waals surface area (Å²) in [5.41, 5.74) is 2.82. The molecule has 0 atom stereocenters. The quantitative estimate of drug-likeness (QED) is 0.419. The van der Waals surface area contributed by atoms with Crippen molar-refractivity contribution in [1.29, 1.82) is 0 Å². The summed E-state index contributed by atoms with van der Waals surface area (Å²) >= 11 is 0. The molecule has 31 heavy (non-hydrogen) atoms. The Balaban J connectivity index is 1.80. The third-order valence-electron chi connectivity index (χ3n) is 4.79. The number of aromatic nitrogens is 1. The summed E-state index contributed by atoms with van der Waals surface area (Å²) in [5, 5.41) is 0.839. The Bertz CT molecular complexity index is 1150. The minimum Gasteiger partial charge on any atom is -0.493 e. The first-order valence-corrected chi connectivity index (χ1v) is 9.51. The predicted molar refractivity (Wildman–Crippen MR) is 116 cm³/mol. The van der Waals surface area contributed by atoms with Crippen LogP contribution in [0.3, 0.4) is 0 Å². The third-order valence-corrected chi connectivity index (χ3v) is 4.79. The van der Waals surface area contributed by atoms with E-state index in [0.717, 1.165) is 16.5 Å². The van der Waals surface area contributed by atoms with Gasteiger partial charge in [-0.3, -0.25) is 0 Å². The molecule has 1 aromatic heterocycles. The van der Waals surface area contributed by atoms with Gasteiger partial charge in [0, 0.05) is 11.5 Å². The lowest BCUT2D eigenvalue weighted by molar-refractivity contribution is -0.139. The molecular weight excluding hydrogens is 398 g/mol. The molecule has 0 bridgehead atoms. The number of carbonyl (C=O) groups excluding carboxylic acids is 2. The first-order chi connectivity index (χ1) is 15.0. The van der Waals surface area contributed by atoms with Crippen LogP contribution in [0, 0.1) is 6.92 Å². The van der Waals surface area contributed by atoms with Crippen LogP contribution in [-0.4, -0.2) is 38.3 Å². The van der Waals surface area contributed by atoms with E-state index in [1.807, 2.05) is 31.2 Å². The maximum absolute atomic E-state index is 12.3. The number of aryl methyl sites for hydroxylation is 1. The van der Waals surface area contributed by atoms with Gasteiger partial charge in [0.05, 0.1) is 38.1 Å². The van der Waals surface area contributed by atoms with Gasteiger partial charge in [0.15, 0.2) is 11.5 Å². The van der Waals surface area contributed by atoms with Crippen molar-refractivity contribution in [3.8, 4) is 11.5 Å². The Kier molecular flexibility index (Phi) is 6.87. The molecule has 160 valence electrons. The first kappa shape index (κ1) is 21.8. The molecule has 1 heterocycles. The predicted octanol–water partition coefficient (Wildman–Crippen LogP) is 4.10. The molecule has 0 radical (unpaired) electrons. The number of pyridine rings is 1. The molecule has 0 amide bonds. The van der Waals surface area contributed by atoms with Gasteiger partial charge in [-0.1, -0.05) is 24.3 Å². The van der Waals surface area contributed by atoms with Crippen LogP contribution >= 0.6 is 0 Å². The molecule has 0 aliphatic heterocycles. The summed E-state index contributed by atoms with van der Waals surface area (Å²) in [6, 6.07) is 12.7. The molecule has 0 fully saturated rings. The number of hydrogen-bond donors (Lipinski definition) is 0. The highest BCUT2D eigenvalue weighted by Gasteiger charge is 2.20. The van der Waals surface area contributed by atoms with E-state index in [4.69, 9.17) is 18.9 Å². The smallest absolute Gasteiger partial charge is 0.340 e. The zero-order chi connectivity index (χ0) is 22.4. The highest BCUT2D eigenvalue weighted by atomic mass is 16.5. The molecule has 0 saturated carbocycles. The van der Waals surface area contributed by atoms with Crippen molar-refractivity contribution in [3.63, 3.8) is 0 Å². The maximum Gasteiger partial charge on any atom is 0.340 e. The summed E-state index contributed by atoms with van der Waals surface area (Å²) in [6.07, 6.45) is 2.90. The largest absolute Gasteiger partial charge is 0.493 e. The van der Waals surface area contributed by atoms with E-state index in [1.54, 1.807) is 31.4 Å². The Morgan fingerprint density at radius 2 is 1.74 bits per heavy atom. The van der Waals surface area contributed by atoms with Crippen LogP contribution in [0.2, 0.25) is 0 Å². The van der Waals surface area contributed by atoms with Crippen molar-refractivity contribution in [2.75, 3.05) is 21.3 Å². The van der Waals surface area contributed by atoms with Crippen LogP contribution in [0.5, 0.6) is 11.5 Å². The van der Waals surface area contributed by atoms with Crippen LogP contribution in [0.25, 0.3) is 17.0 Å². The number of benzene rings is 2. The highest BCUT2D eigenvalue weighted by molar-refractivity contribution is 5.98. The van der Waals surface area contributed by atoms with Crippen LogP contribution in [0.15, 0.2) is 48.5 Å². The Morgan fingerprint density at radius 1 is 1.00 bits per heavy atom. The second-order valence-electron chi connectivity index (χ2n) is 6.62. The van der Waals surface area contributed by atoms with Gasteiger partial charge in [-0.05, 0) is 42.3 Å². The van der Waals surface area contributed by atoms with E-state index in [1.165, 1.54) is 20.3 Å². The Hall–Kier alpha value is -3.87. The minimum absolute atomic E-state index is 0.161. The number of hydrogen-bond acceptors (Lipinski definition) is 7. The molecular formula is C24H23NO6. The summed E-state index contributed by atoms with van der Waals surface area (Å²) < 4.78 is 20.7. The molecule has 0 aliphatic carbocycles. The van der Waals surface area contributed by atoms with Gasteiger partial charge in [-0.25, -0.2) is 14.6 Å². The zero-order valence-corrected chi connectivity index (χ0v) is 17.8. The Morgan fingerprint density at radius 3 is 2.45 bits per heavy atom. The van der Waals surface area contributed by atoms with E-state index in [0.29, 0.717) is 28.3 Å². The van der Waals surface area contributed by atoms with Gasteiger partial charge in [-0.15, -0.1) is 0 Å². The number of carbonyl (C=O) groups is 2. The molecule has 7 nitrogen and oxygen atoms in total. The first-order valence-electron chi connectivity index (χ1n) is 9.51. The SMILES string of the molecule is COC(=O)c1c(COC(=O)/C=C/c2ccc(OC)c(OC)c2)nc2ccccc2c1C. The highest BCUT2D eigenvalue weighted by Crippen LogP contribution is 2.28. The minimum atomic E-state index is -0.571. The van der Waals surface area contributed by atoms with Crippen molar-refractivity contribution in [1.82, 2.24) is 4.98 Å². The van der Waals surface area contributed by atoms with E-state index < -0.39 is 11.9 Å². The van der Waals surface area contributed by atoms with Crippen LogP contribution in [-0.2, 0) is 20.9 Å². The van der Waals surface area contributed by atoms with Gasteiger partial charge in [0.1, 0.15) is 6.61 Å². The lowest BCUT2D eigenvalue weighted by Crippen LogP contribution is -2.13. The second-order valence-corrected chi connectivity index (χ2v) is 6.62. The van der Waals surface area contributed by atoms with Gasteiger partial charge in [0.25, 0.3) is 0 Å². The topological polar surface area (TPSA) is 84.0 Å². The molecule has 3 rings (SSSR count). The number of fused-ring (bicyclic) bond motifs is 1. The van der Waals surface area contributed by atoms with Crippen molar-refractivity contribution < 1.29 is 28.5 Å². The normalized spacial score (nSPS) is 10.8. The zero-order valence-electron chi connectivity index (χ0n) is 17.8. The number of rotatable bonds is 7. The lowest BCUT2D eigenvalue weighted by Gasteiger charge is -2.13. The van der Waals surface area contributed by atoms with Gasteiger partial charge in [0.2, 0.25) is 0 Å². The van der Waals surface area contributed by atoms with Crippen molar-refractivity contribution in [3.05, 3.63) is 70.9 Å². The van der Waals surface area contributed by atoms with E-state index in [-0.39, 0.29) is 6.61 Å². The van der Waals surface area contributed by atoms with Crippen LogP contribution in [0.1, 0.15) is 27.2 Å². The van der Waals surface area contributed by atoms with E-state index in [2.05, 4.69) is 4.98 Å². The summed E-state index contributed by atoms with van der Waals surface area (Å²) in [6.45, 7) is 1.66.